The van der Waals surface area contributed by atoms with Crippen LogP contribution < -0.4 is 15.4 Å². The molecule has 20 heavy (non-hydrogen) atoms. The summed E-state index contributed by atoms with van der Waals surface area (Å²) in [7, 11) is 0. The second-order valence-electron chi connectivity index (χ2n) is 4.43. The number of thiazole rings is 1. The molecule has 7 heteroatoms. The van der Waals surface area contributed by atoms with Crippen molar-refractivity contribution < 1.29 is 9.53 Å². The van der Waals surface area contributed by atoms with E-state index in [2.05, 4.69) is 15.6 Å². The van der Waals surface area contributed by atoms with E-state index in [1.807, 2.05) is 13.1 Å². The first-order chi connectivity index (χ1) is 9.63. The van der Waals surface area contributed by atoms with Crippen molar-refractivity contribution in [3.05, 3.63) is 33.7 Å². The van der Waals surface area contributed by atoms with Crippen LogP contribution in [0.5, 0.6) is 5.75 Å². The van der Waals surface area contributed by atoms with E-state index in [0.29, 0.717) is 16.5 Å². The molecule has 0 aliphatic carbocycles. The Morgan fingerprint density at radius 1 is 1.55 bits per heavy atom. The Bertz CT molecular complexity index is 645. The molecular weight excluding hydrogens is 298 g/mol. The molecule has 1 aromatic heterocycles. The molecule has 1 aliphatic rings. The van der Waals surface area contributed by atoms with Crippen molar-refractivity contribution in [2.45, 2.75) is 13.0 Å². The van der Waals surface area contributed by atoms with Crippen LogP contribution in [0.3, 0.4) is 0 Å². The summed E-state index contributed by atoms with van der Waals surface area (Å²) >= 11 is 7.81. The first kappa shape index (κ1) is 13.2. The molecule has 2 N–H and O–H groups in total. The van der Waals surface area contributed by atoms with Gasteiger partial charge in [-0.3, -0.25) is 9.78 Å². The molecule has 0 radical (unpaired) electrons. The fourth-order valence-electron chi connectivity index (χ4n) is 1.95. The minimum Gasteiger partial charge on any atom is -0.482 e. The molecule has 0 saturated carbocycles. The zero-order valence-electron chi connectivity index (χ0n) is 10.6. The van der Waals surface area contributed by atoms with Gasteiger partial charge in [-0.1, -0.05) is 11.6 Å². The molecular formula is C13H12ClN3O2S. The number of hydrogen-bond acceptors (Lipinski definition) is 5. The predicted octanol–water partition coefficient (Wildman–Crippen LogP) is 3.30. The van der Waals surface area contributed by atoms with Crippen molar-refractivity contribution in [3.63, 3.8) is 0 Å². The Balaban J connectivity index is 1.85. The Hall–Kier alpha value is -1.79. The Kier molecular flexibility index (Phi) is 3.50. The predicted molar refractivity (Wildman–Crippen MR) is 79.7 cm³/mol. The quantitative estimate of drug-likeness (QED) is 0.913. The van der Waals surface area contributed by atoms with E-state index in [4.69, 9.17) is 16.3 Å². The number of nitrogens with one attached hydrogen (secondary N) is 2. The van der Waals surface area contributed by atoms with Gasteiger partial charge in [0.25, 0.3) is 5.91 Å². The topological polar surface area (TPSA) is 63.2 Å². The highest BCUT2D eigenvalue weighted by atomic mass is 35.5. The molecule has 0 fully saturated rings. The SMILES string of the molecule is CC(Nc1cc2c(cc1Cl)NC(=O)CO2)c1cncs1. The van der Waals surface area contributed by atoms with E-state index < -0.39 is 0 Å². The monoisotopic (exact) mass is 309 g/mol. The number of aromatic nitrogens is 1. The van der Waals surface area contributed by atoms with Crippen LogP contribution >= 0.6 is 22.9 Å². The number of ether oxygens (including phenoxy) is 1. The maximum Gasteiger partial charge on any atom is 0.262 e. The van der Waals surface area contributed by atoms with Crippen LogP contribution in [0.25, 0.3) is 0 Å². The number of nitrogens with zero attached hydrogens (tertiary/aromatic N) is 1. The van der Waals surface area contributed by atoms with E-state index in [0.717, 1.165) is 10.6 Å². The number of carbonyl (C=O) groups is 1. The van der Waals surface area contributed by atoms with Gasteiger partial charge in [0.15, 0.2) is 6.61 Å². The van der Waals surface area contributed by atoms with Gasteiger partial charge in [-0.25, -0.2) is 0 Å². The van der Waals surface area contributed by atoms with Gasteiger partial charge in [0.1, 0.15) is 5.75 Å². The Morgan fingerprint density at radius 2 is 2.40 bits per heavy atom. The zero-order valence-corrected chi connectivity index (χ0v) is 12.2. The highest BCUT2D eigenvalue weighted by Crippen LogP contribution is 2.37. The lowest BCUT2D eigenvalue weighted by Crippen LogP contribution is -2.25. The van der Waals surface area contributed by atoms with Gasteiger partial charge >= 0.3 is 0 Å². The molecule has 5 nitrogen and oxygen atoms in total. The van der Waals surface area contributed by atoms with Gasteiger partial charge in [0, 0.05) is 17.1 Å². The molecule has 2 heterocycles. The van der Waals surface area contributed by atoms with Crippen molar-refractivity contribution in [1.82, 2.24) is 4.98 Å². The summed E-state index contributed by atoms with van der Waals surface area (Å²) in [5, 5.41) is 6.58. The van der Waals surface area contributed by atoms with E-state index in [9.17, 15) is 4.79 Å². The number of amides is 1. The van der Waals surface area contributed by atoms with Gasteiger partial charge < -0.3 is 15.4 Å². The number of hydrogen-bond donors (Lipinski definition) is 2. The average molecular weight is 310 g/mol. The van der Waals surface area contributed by atoms with Crippen LogP contribution in [0.15, 0.2) is 23.8 Å². The van der Waals surface area contributed by atoms with Gasteiger partial charge in [-0.15, -0.1) is 11.3 Å². The van der Waals surface area contributed by atoms with Crippen molar-refractivity contribution in [1.29, 1.82) is 0 Å². The van der Waals surface area contributed by atoms with Crippen molar-refractivity contribution >= 4 is 40.2 Å². The van der Waals surface area contributed by atoms with Crippen molar-refractivity contribution in [2.24, 2.45) is 0 Å². The van der Waals surface area contributed by atoms with E-state index in [1.54, 1.807) is 29.0 Å². The number of fused-ring (bicyclic) bond motifs is 1. The van der Waals surface area contributed by atoms with Gasteiger partial charge in [-0.05, 0) is 13.0 Å². The summed E-state index contributed by atoms with van der Waals surface area (Å²) < 4.78 is 5.38. The highest BCUT2D eigenvalue weighted by Gasteiger charge is 2.19. The molecule has 0 saturated heterocycles. The van der Waals surface area contributed by atoms with Crippen LogP contribution in [0.2, 0.25) is 5.02 Å². The molecule has 1 amide bonds. The summed E-state index contributed by atoms with van der Waals surface area (Å²) in [5.74, 6) is 0.445. The number of rotatable bonds is 3. The fraction of sp³-hybridized carbons (Fsp3) is 0.231. The number of benzene rings is 1. The summed E-state index contributed by atoms with van der Waals surface area (Å²) in [5.41, 5.74) is 3.16. The lowest BCUT2D eigenvalue weighted by molar-refractivity contribution is -0.118. The lowest BCUT2D eigenvalue weighted by atomic mass is 10.2. The third kappa shape index (κ3) is 2.57. The van der Waals surface area contributed by atoms with Crippen LogP contribution in [0.4, 0.5) is 11.4 Å². The van der Waals surface area contributed by atoms with Crippen LogP contribution in [-0.2, 0) is 4.79 Å². The van der Waals surface area contributed by atoms with Crippen LogP contribution in [0.1, 0.15) is 17.8 Å². The first-order valence-corrected chi connectivity index (χ1v) is 7.30. The second-order valence-corrected chi connectivity index (χ2v) is 5.76. The van der Waals surface area contributed by atoms with E-state index >= 15 is 0 Å². The minimum atomic E-state index is -0.174. The zero-order chi connectivity index (χ0) is 14.1. The second kappa shape index (κ2) is 5.30. The molecule has 1 atom stereocenters. The average Bonchev–Trinajstić information content (AvgIpc) is 2.94. The third-order valence-corrected chi connectivity index (χ3v) is 4.22. The van der Waals surface area contributed by atoms with Crippen molar-refractivity contribution in [2.75, 3.05) is 17.2 Å². The van der Waals surface area contributed by atoms with Gasteiger partial charge in [-0.2, -0.15) is 0 Å². The number of carbonyl (C=O) groups excluding carboxylic acids is 1. The fourth-order valence-corrected chi connectivity index (χ4v) is 2.80. The lowest BCUT2D eigenvalue weighted by Gasteiger charge is -2.21. The smallest absolute Gasteiger partial charge is 0.262 e. The molecule has 1 aliphatic heterocycles. The number of anilines is 2. The van der Waals surface area contributed by atoms with Crippen LogP contribution in [-0.4, -0.2) is 17.5 Å². The summed E-state index contributed by atoms with van der Waals surface area (Å²) in [4.78, 5) is 16.4. The maximum atomic E-state index is 11.3. The largest absolute Gasteiger partial charge is 0.482 e. The molecule has 1 aromatic carbocycles. The van der Waals surface area contributed by atoms with Crippen molar-refractivity contribution in [3.8, 4) is 5.75 Å². The molecule has 3 rings (SSSR count). The molecule has 2 aromatic rings. The molecule has 1 unspecified atom stereocenters. The number of halogens is 1. The van der Waals surface area contributed by atoms with E-state index in [-0.39, 0.29) is 18.6 Å². The highest BCUT2D eigenvalue weighted by molar-refractivity contribution is 7.09. The third-order valence-electron chi connectivity index (χ3n) is 2.95. The summed E-state index contributed by atoms with van der Waals surface area (Å²) in [6, 6.07) is 3.58. The normalized spacial score (nSPS) is 15.0. The first-order valence-electron chi connectivity index (χ1n) is 6.04. The molecule has 104 valence electrons. The van der Waals surface area contributed by atoms with Gasteiger partial charge in [0.2, 0.25) is 0 Å². The maximum absolute atomic E-state index is 11.3. The Labute approximate surface area is 124 Å². The van der Waals surface area contributed by atoms with Gasteiger partial charge in [0.05, 0.1) is 27.9 Å². The molecule has 0 spiro atoms. The van der Waals surface area contributed by atoms with E-state index in [1.165, 1.54) is 0 Å². The Morgan fingerprint density at radius 3 is 3.15 bits per heavy atom. The summed E-state index contributed by atoms with van der Waals surface area (Å²) in [6.45, 7) is 2.06. The minimum absolute atomic E-state index is 0.0263. The summed E-state index contributed by atoms with van der Waals surface area (Å²) in [6.07, 6.45) is 1.82. The molecule has 0 bridgehead atoms. The van der Waals surface area contributed by atoms with Crippen LogP contribution in [0, 0.1) is 0 Å². The standard InChI is InChI=1S/C13H12ClN3O2S/c1-7(12-4-15-6-20-12)16-9-3-11-10(2-8(9)14)17-13(18)5-19-11/h2-4,6-7,16H,5H2,1H3,(H,17,18).